The van der Waals surface area contributed by atoms with Crippen molar-refractivity contribution in [3.05, 3.63) is 40.5 Å². The van der Waals surface area contributed by atoms with Gasteiger partial charge in [-0.2, -0.15) is 9.83 Å². The Bertz CT molecular complexity index is 654. The van der Waals surface area contributed by atoms with Gasteiger partial charge in [-0.05, 0) is 19.9 Å². The number of pyridine rings is 1. The van der Waals surface area contributed by atoms with Crippen molar-refractivity contribution in [3.63, 3.8) is 0 Å². The number of carbonyl (C=O) groups is 1. The van der Waals surface area contributed by atoms with Crippen molar-refractivity contribution >= 4 is 17.6 Å². The van der Waals surface area contributed by atoms with Crippen molar-refractivity contribution in [3.8, 4) is 11.3 Å². The van der Waals surface area contributed by atoms with Crippen LogP contribution in [0.25, 0.3) is 11.3 Å². The smallest absolute Gasteiger partial charge is 0.304 e. The van der Waals surface area contributed by atoms with E-state index in [4.69, 9.17) is 16.3 Å². The summed E-state index contributed by atoms with van der Waals surface area (Å²) in [5, 5.41) is 16.1. The molecule has 2 aromatic heterocycles. The molecular formula is C13H14ClN3O3. The van der Waals surface area contributed by atoms with Crippen molar-refractivity contribution in [2.45, 2.75) is 27.0 Å². The molecule has 20 heavy (non-hydrogen) atoms. The van der Waals surface area contributed by atoms with Crippen molar-refractivity contribution in [2.24, 2.45) is 0 Å². The Kier molecular flexibility index (Phi) is 3.94. The molecule has 2 heterocycles. The molecule has 1 unspecified atom stereocenters. The molecule has 0 N–H and O–H groups in total. The minimum Gasteiger partial charge on any atom is -0.619 e. The molecule has 0 aliphatic heterocycles. The van der Waals surface area contributed by atoms with Gasteiger partial charge in [0.05, 0.1) is 16.3 Å². The zero-order valence-electron chi connectivity index (χ0n) is 11.3. The van der Waals surface area contributed by atoms with Gasteiger partial charge in [0.25, 0.3) is 0 Å². The summed E-state index contributed by atoms with van der Waals surface area (Å²) in [5.41, 5.74) is 1.74. The largest absolute Gasteiger partial charge is 0.619 e. The topological polar surface area (TPSA) is 71.1 Å². The van der Waals surface area contributed by atoms with Crippen molar-refractivity contribution < 1.29 is 14.3 Å². The lowest BCUT2D eigenvalue weighted by atomic mass is 10.2. The van der Waals surface area contributed by atoms with Gasteiger partial charge in [-0.1, -0.05) is 11.6 Å². The number of aromatic nitrogens is 3. The lowest BCUT2D eigenvalue weighted by molar-refractivity contribution is -0.604. The average molecular weight is 296 g/mol. The van der Waals surface area contributed by atoms with E-state index in [2.05, 4.69) is 5.10 Å². The van der Waals surface area contributed by atoms with E-state index in [0.717, 1.165) is 0 Å². The molecule has 0 radical (unpaired) electrons. The lowest BCUT2D eigenvalue weighted by Crippen LogP contribution is -2.24. The van der Waals surface area contributed by atoms with Crippen LogP contribution in [-0.4, -0.2) is 15.7 Å². The average Bonchev–Trinajstić information content (AvgIpc) is 2.66. The van der Waals surface area contributed by atoms with E-state index in [0.29, 0.717) is 26.7 Å². The predicted molar refractivity (Wildman–Crippen MR) is 72.8 cm³/mol. The van der Waals surface area contributed by atoms with E-state index in [1.54, 1.807) is 26.0 Å². The van der Waals surface area contributed by atoms with E-state index < -0.39 is 12.2 Å². The normalized spacial score (nSPS) is 12.2. The summed E-state index contributed by atoms with van der Waals surface area (Å²) in [5.74, 6) is -0.401. The van der Waals surface area contributed by atoms with E-state index in [-0.39, 0.29) is 0 Å². The van der Waals surface area contributed by atoms with Gasteiger partial charge in [-0.15, -0.1) is 0 Å². The first kappa shape index (κ1) is 14.3. The highest BCUT2D eigenvalue weighted by molar-refractivity contribution is 6.33. The fourth-order valence-electron chi connectivity index (χ4n) is 1.92. The fraction of sp³-hybridized carbons (Fsp3) is 0.308. The second kappa shape index (κ2) is 5.50. The molecule has 2 aromatic rings. The zero-order chi connectivity index (χ0) is 14.9. The highest BCUT2D eigenvalue weighted by atomic mass is 35.5. The molecule has 0 aromatic carbocycles. The zero-order valence-corrected chi connectivity index (χ0v) is 12.1. The van der Waals surface area contributed by atoms with Crippen molar-refractivity contribution in [1.29, 1.82) is 0 Å². The van der Waals surface area contributed by atoms with Crippen LogP contribution in [0.5, 0.6) is 0 Å². The predicted octanol–water partition coefficient (Wildman–Crippen LogP) is 2.23. The molecule has 0 fully saturated rings. The van der Waals surface area contributed by atoms with Crippen LogP contribution in [0.2, 0.25) is 5.02 Å². The number of carbonyl (C=O) groups excluding carboxylic acids is 1. The van der Waals surface area contributed by atoms with Gasteiger partial charge in [-0.25, -0.2) is 4.68 Å². The lowest BCUT2D eigenvalue weighted by Gasteiger charge is -2.13. The van der Waals surface area contributed by atoms with Crippen LogP contribution >= 0.6 is 11.6 Å². The molecule has 7 heteroatoms. The molecule has 0 aliphatic carbocycles. The molecule has 106 valence electrons. The Morgan fingerprint density at radius 2 is 2.30 bits per heavy atom. The standard InChI is InChI=1S/C13H14ClN3O3/c1-8-12(14)13(11-5-4-6-16(19)7-11)15-17(8)9(2)20-10(3)18/h4-7,9H,1-3H3. The van der Waals surface area contributed by atoms with Crippen LogP contribution in [0.1, 0.15) is 25.8 Å². The van der Waals surface area contributed by atoms with Crippen LogP contribution in [0, 0.1) is 12.1 Å². The van der Waals surface area contributed by atoms with Crippen LogP contribution in [-0.2, 0) is 9.53 Å². The van der Waals surface area contributed by atoms with Gasteiger partial charge in [0.1, 0.15) is 5.69 Å². The third-order valence-corrected chi connectivity index (χ3v) is 3.26. The van der Waals surface area contributed by atoms with Crippen LogP contribution in [0.15, 0.2) is 24.5 Å². The highest BCUT2D eigenvalue weighted by Crippen LogP contribution is 2.30. The highest BCUT2D eigenvalue weighted by Gasteiger charge is 2.20. The Labute approximate surface area is 121 Å². The Morgan fingerprint density at radius 1 is 1.60 bits per heavy atom. The van der Waals surface area contributed by atoms with E-state index in [1.807, 2.05) is 0 Å². The summed E-state index contributed by atoms with van der Waals surface area (Å²) in [6.07, 6.45) is 2.19. The SMILES string of the molecule is CC(=O)OC(C)n1nc(-c2ccc[n+]([O-])c2)c(Cl)c1C. The first-order valence-electron chi connectivity index (χ1n) is 6.01. The molecule has 6 nitrogen and oxygen atoms in total. The number of ether oxygens (including phenoxy) is 1. The molecule has 1 atom stereocenters. The fourth-order valence-corrected chi connectivity index (χ4v) is 2.16. The summed E-state index contributed by atoms with van der Waals surface area (Å²) in [7, 11) is 0. The molecule has 0 bridgehead atoms. The maximum Gasteiger partial charge on any atom is 0.304 e. The van der Waals surface area contributed by atoms with E-state index >= 15 is 0 Å². The first-order valence-corrected chi connectivity index (χ1v) is 6.39. The summed E-state index contributed by atoms with van der Waals surface area (Å²) in [6.45, 7) is 4.79. The van der Waals surface area contributed by atoms with Gasteiger partial charge in [0, 0.05) is 13.0 Å². The van der Waals surface area contributed by atoms with Gasteiger partial charge in [0.15, 0.2) is 18.6 Å². The van der Waals surface area contributed by atoms with Crippen LogP contribution in [0.3, 0.4) is 0 Å². The number of nitrogens with zero attached hydrogens (tertiary/aromatic N) is 3. The number of rotatable bonds is 3. The maximum absolute atomic E-state index is 11.3. The Morgan fingerprint density at radius 3 is 2.90 bits per heavy atom. The van der Waals surface area contributed by atoms with E-state index in [1.165, 1.54) is 24.0 Å². The van der Waals surface area contributed by atoms with Crippen molar-refractivity contribution in [2.75, 3.05) is 0 Å². The monoisotopic (exact) mass is 295 g/mol. The van der Waals surface area contributed by atoms with Gasteiger partial charge in [-0.3, -0.25) is 4.79 Å². The number of hydrogen-bond acceptors (Lipinski definition) is 4. The summed E-state index contributed by atoms with van der Waals surface area (Å²) < 4.78 is 7.27. The second-order valence-electron chi connectivity index (χ2n) is 4.35. The number of halogens is 1. The summed E-state index contributed by atoms with van der Waals surface area (Å²) in [6, 6.07) is 3.35. The molecule has 0 aliphatic rings. The maximum atomic E-state index is 11.3. The Hall–Kier alpha value is -2.08. The van der Waals surface area contributed by atoms with Crippen molar-refractivity contribution in [1.82, 2.24) is 9.78 Å². The third kappa shape index (κ3) is 2.75. The molecule has 0 spiro atoms. The summed E-state index contributed by atoms with van der Waals surface area (Å²) >= 11 is 6.25. The van der Waals surface area contributed by atoms with Crippen LogP contribution in [0.4, 0.5) is 0 Å². The molecule has 0 saturated heterocycles. The summed E-state index contributed by atoms with van der Waals surface area (Å²) in [4.78, 5) is 11.0. The first-order chi connectivity index (χ1) is 9.40. The number of hydrogen-bond donors (Lipinski definition) is 0. The minimum atomic E-state index is -0.568. The molecule has 0 amide bonds. The van der Waals surface area contributed by atoms with Crippen LogP contribution < -0.4 is 4.73 Å². The number of esters is 1. The second-order valence-corrected chi connectivity index (χ2v) is 4.73. The van der Waals surface area contributed by atoms with E-state index in [9.17, 15) is 10.0 Å². The van der Waals surface area contributed by atoms with Gasteiger partial charge in [0.2, 0.25) is 0 Å². The molecule has 2 rings (SSSR count). The third-order valence-electron chi connectivity index (χ3n) is 2.81. The quantitative estimate of drug-likeness (QED) is 0.494. The minimum absolute atomic E-state index is 0.401. The molecular weight excluding hydrogens is 282 g/mol. The van der Waals surface area contributed by atoms with Gasteiger partial charge >= 0.3 is 5.97 Å². The van der Waals surface area contributed by atoms with Gasteiger partial charge < -0.3 is 9.94 Å². The Balaban J connectivity index is 2.44. The molecule has 0 saturated carbocycles.